The summed E-state index contributed by atoms with van der Waals surface area (Å²) in [5.41, 5.74) is 0. The van der Waals surface area contributed by atoms with Crippen molar-refractivity contribution in [3.8, 4) is 11.5 Å². The van der Waals surface area contributed by atoms with Gasteiger partial charge in [-0.15, -0.1) is 0 Å². The first-order valence-corrected chi connectivity index (χ1v) is 6.28. The molecule has 1 heterocycles. The standard InChI is InChI=1S/C13H16N4O4/c1-16-9-15-13(17(18)19)12(16)14-7-8-21-11-5-3-10(20-2)4-6-11/h3-6,9,14H,7-8H2,1-2H3. The summed E-state index contributed by atoms with van der Waals surface area (Å²) in [5, 5.41) is 13.7. The van der Waals surface area contributed by atoms with Crippen LogP contribution < -0.4 is 14.8 Å². The Bertz CT molecular complexity index is 609. The molecule has 2 rings (SSSR count). The lowest BCUT2D eigenvalue weighted by Crippen LogP contribution is -2.14. The highest BCUT2D eigenvalue weighted by Crippen LogP contribution is 2.21. The maximum absolute atomic E-state index is 10.8. The average Bonchev–Trinajstić information content (AvgIpc) is 2.85. The fraction of sp³-hybridized carbons (Fsp3) is 0.308. The maximum atomic E-state index is 10.8. The predicted octanol–water partition coefficient (Wildman–Crippen LogP) is 1.83. The Morgan fingerprint density at radius 2 is 2.00 bits per heavy atom. The van der Waals surface area contributed by atoms with Crippen molar-refractivity contribution in [3.63, 3.8) is 0 Å². The molecular formula is C13H16N4O4. The van der Waals surface area contributed by atoms with E-state index >= 15 is 0 Å². The molecule has 0 unspecified atom stereocenters. The summed E-state index contributed by atoms with van der Waals surface area (Å²) in [6.45, 7) is 0.793. The minimum atomic E-state index is -0.521. The van der Waals surface area contributed by atoms with Gasteiger partial charge >= 0.3 is 5.82 Å². The SMILES string of the molecule is COc1ccc(OCCNc2c([N+](=O)[O-])ncn2C)cc1. The number of hydrogen-bond acceptors (Lipinski definition) is 6. The van der Waals surface area contributed by atoms with Gasteiger partial charge in [-0.05, 0) is 34.2 Å². The number of benzene rings is 1. The molecule has 1 N–H and O–H groups in total. The molecule has 0 radical (unpaired) electrons. The molecule has 1 aromatic carbocycles. The summed E-state index contributed by atoms with van der Waals surface area (Å²) in [4.78, 5) is 14.0. The summed E-state index contributed by atoms with van der Waals surface area (Å²) in [7, 11) is 3.28. The number of hydrogen-bond donors (Lipinski definition) is 1. The minimum absolute atomic E-state index is 0.193. The smallest absolute Gasteiger partial charge is 0.406 e. The van der Waals surface area contributed by atoms with E-state index in [-0.39, 0.29) is 5.82 Å². The van der Waals surface area contributed by atoms with Crippen molar-refractivity contribution in [2.75, 3.05) is 25.6 Å². The van der Waals surface area contributed by atoms with Gasteiger partial charge in [0.1, 0.15) is 18.1 Å². The fourth-order valence-corrected chi connectivity index (χ4v) is 1.77. The first kappa shape index (κ1) is 14.6. The monoisotopic (exact) mass is 292 g/mol. The van der Waals surface area contributed by atoms with Crippen LogP contribution in [0, 0.1) is 10.1 Å². The number of rotatable bonds is 7. The number of aromatic nitrogens is 2. The Morgan fingerprint density at radius 3 is 2.62 bits per heavy atom. The van der Waals surface area contributed by atoms with Gasteiger partial charge in [-0.2, -0.15) is 0 Å². The van der Waals surface area contributed by atoms with Crippen LogP contribution >= 0.6 is 0 Å². The van der Waals surface area contributed by atoms with Crippen molar-refractivity contribution in [2.24, 2.45) is 7.05 Å². The number of aryl methyl sites for hydroxylation is 1. The van der Waals surface area contributed by atoms with Crippen LogP contribution in [-0.4, -0.2) is 34.7 Å². The molecule has 8 nitrogen and oxygen atoms in total. The Kier molecular flexibility index (Phi) is 4.60. The molecule has 0 bridgehead atoms. The zero-order valence-electron chi connectivity index (χ0n) is 11.8. The number of nitrogens with zero attached hydrogens (tertiary/aromatic N) is 3. The van der Waals surface area contributed by atoms with E-state index < -0.39 is 4.92 Å². The van der Waals surface area contributed by atoms with Gasteiger partial charge < -0.3 is 24.9 Å². The van der Waals surface area contributed by atoms with E-state index in [0.29, 0.717) is 24.7 Å². The largest absolute Gasteiger partial charge is 0.497 e. The molecule has 112 valence electrons. The molecule has 1 aromatic heterocycles. The van der Waals surface area contributed by atoms with Gasteiger partial charge in [0.25, 0.3) is 0 Å². The third-order valence-corrected chi connectivity index (χ3v) is 2.81. The molecule has 0 fully saturated rings. The van der Waals surface area contributed by atoms with Crippen molar-refractivity contribution in [1.82, 2.24) is 9.55 Å². The highest BCUT2D eigenvalue weighted by Gasteiger charge is 2.19. The van der Waals surface area contributed by atoms with Crippen molar-refractivity contribution in [3.05, 3.63) is 40.7 Å². The van der Waals surface area contributed by atoms with Crippen LogP contribution in [0.25, 0.3) is 0 Å². The lowest BCUT2D eigenvalue weighted by molar-refractivity contribution is -0.388. The zero-order valence-corrected chi connectivity index (χ0v) is 11.8. The Balaban J connectivity index is 1.84. The molecule has 8 heteroatoms. The number of methoxy groups -OCH3 is 1. The summed E-state index contributed by atoms with van der Waals surface area (Å²) in [6, 6.07) is 7.19. The molecule has 0 spiro atoms. The lowest BCUT2D eigenvalue weighted by atomic mass is 10.3. The van der Waals surface area contributed by atoms with Crippen LogP contribution in [0.15, 0.2) is 30.6 Å². The number of nitrogens with one attached hydrogen (secondary N) is 1. The van der Waals surface area contributed by atoms with E-state index in [9.17, 15) is 10.1 Å². The third kappa shape index (κ3) is 3.62. The minimum Gasteiger partial charge on any atom is -0.497 e. The molecule has 2 aromatic rings. The summed E-state index contributed by atoms with van der Waals surface area (Å²) < 4.78 is 12.1. The second kappa shape index (κ2) is 6.60. The van der Waals surface area contributed by atoms with Crippen molar-refractivity contribution >= 4 is 11.6 Å². The molecular weight excluding hydrogens is 276 g/mol. The number of anilines is 1. The topological polar surface area (TPSA) is 91.4 Å². The van der Waals surface area contributed by atoms with E-state index in [4.69, 9.17) is 9.47 Å². The zero-order chi connectivity index (χ0) is 15.2. The molecule has 0 saturated carbocycles. The van der Waals surface area contributed by atoms with E-state index in [1.54, 1.807) is 43.0 Å². The summed E-state index contributed by atoms with van der Waals surface area (Å²) in [5.74, 6) is 1.63. The first-order chi connectivity index (χ1) is 10.1. The van der Waals surface area contributed by atoms with Gasteiger partial charge in [-0.1, -0.05) is 0 Å². The normalized spacial score (nSPS) is 10.2. The van der Waals surface area contributed by atoms with Crippen LogP contribution in [0.4, 0.5) is 11.6 Å². The lowest BCUT2D eigenvalue weighted by Gasteiger charge is -2.09. The number of imidazole rings is 1. The molecule has 0 aliphatic carbocycles. The van der Waals surface area contributed by atoms with Crippen LogP contribution in [0.2, 0.25) is 0 Å². The molecule has 0 saturated heterocycles. The van der Waals surface area contributed by atoms with E-state index in [1.807, 2.05) is 0 Å². The second-order valence-corrected chi connectivity index (χ2v) is 4.24. The quantitative estimate of drug-likeness (QED) is 0.475. The van der Waals surface area contributed by atoms with Gasteiger partial charge in [-0.25, -0.2) is 0 Å². The summed E-state index contributed by atoms with van der Waals surface area (Å²) >= 11 is 0. The van der Waals surface area contributed by atoms with Gasteiger partial charge in [0.2, 0.25) is 12.1 Å². The maximum Gasteiger partial charge on any atom is 0.406 e. The highest BCUT2D eigenvalue weighted by molar-refractivity contribution is 5.51. The fourth-order valence-electron chi connectivity index (χ4n) is 1.77. The average molecular weight is 292 g/mol. The van der Waals surface area contributed by atoms with Crippen LogP contribution in [0.5, 0.6) is 11.5 Å². The number of ether oxygens (including phenoxy) is 2. The van der Waals surface area contributed by atoms with Gasteiger partial charge in [-0.3, -0.25) is 4.57 Å². The van der Waals surface area contributed by atoms with E-state index in [1.165, 1.54) is 6.33 Å². The Morgan fingerprint density at radius 1 is 1.33 bits per heavy atom. The molecule has 0 aliphatic heterocycles. The van der Waals surface area contributed by atoms with E-state index in [2.05, 4.69) is 10.3 Å². The van der Waals surface area contributed by atoms with Crippen molar-refractivity contribution in [2.45, 2.75) is 0 Å². The molecule has 0 atom stereocenters. The Hall–Kier alpha value is -2.77. The second-order valence-electron chi connectivity index (χ2n) is 4.24. The first-order valence-electron chi connectivity index (χ1n) is 6.28. The van der Waals surface area contributed by atoms with Crippen LogP contribution in [-0.2, 0) is 7.05 Å². The number of nitro groups is 1. The van der Waals surface area contributed by atoms with Crippen molar-refractivity contribution < 1.29 is 14.4 Å². The molecule has 0 amide bonds. The van der Waals surface area contributed by atoms with Crippen LogP contribution in [0.1, 0.15) is 0 Å². The third-order valence-electron chi connectivity index (χ3n) is 2.81. The Labute approximate surface area is 121 Å². The van der Waals surface area contributed by atoms with Crippen molar-refractivity contribution in [1.29, 1.82) is 0 Å². The molecule has 21 heavy (non-hydrogen) atoms. The van der Waals surface area contributed by atoms with Gasteiger partial charge in [0.15, 0.2) is 0 Å². The predicted molar refractivity (Wildman–Crippen MR) is 76.8 cm³/mol. The summed E-state index contributed by atoms with van der Waals surface area (Å²) in [6.07, 6.45) is 1.39. The van der Waals surface area contributed by atoms with Gasteiger partial charge in [0, 0.05) is 7.05 Å². The van der Waals surface area contributed by atoms with E-state index in [0.717, 1.165) is 5.75 Å². The highest BCUT2D eigenvalue weighted by atomic mass is 16.6. The van der Waals surface area contributed by atoms with Crippen LogP contribution in [0.3, 0.4) is 0 Å². The molecule has 0 aliphatic rings. The van der Waals surface area contributed by atoms with Gasteiger partial charge in [0.05, 0.1) is 13.7 Å².